The van der Waals surface area contributed by atoms with Crippen LogP contribution in [-0.4, -0.2) is 37.9 Å². The lowest BCUT2D eigenvalue weighted by molar-refractivity contribution is -0.137. The fourth-order valence-corrected chi connectivity index (χ4v) is 5.74. The first-order valence-electron chi connectivity index (χ1n) is 12.1. The van der Waals surface area contributed by atoms with E-state index in [0.29, 0.717) is 16.9 Å². The second-order valence-electron chi connectivity index (χ2n) is 9.63. The molecule has 0 aromatic heterocycles. The normalized spacial score (nSPS) is 16.1. The number of nitrogens with zero attached hydrogens (tertiary/aromatic N) is 1. The average Bonchev–Trinajstić information content (AvgIpc) is 2.86. The van der Waals surface area contributed by atoms with E-state index in [0.717, 1.165) is 23.1 Å². The van der Waals surface area contributed by atoms with Gasteiger partial charge in [0.15, 0.2) is 11.6 Å². The Kier molecular flexibility index (Phi) is 8.03. The van der Waals surface area contributed by atoms with Crippen molar-refractivity contribution in [2.75, 3.05) is 30.1 Å². The van der Waals surface area contributed by atoms with Gasteiger partial charge in [-0.2, -0.15) is 13.2 Å². The summed E-state index contributed by atoms with van der Waals surface area (Å²) in [6.07, 6.45) is -4.42. The number of piperidine rings is 1. The third-order valence-corrected chi connectivity index (χ3v) is 7.92. The molecule has 1 aliphatic heterocycles. The van der Waals surface area contributed by atoms with E-state index in [1.165, 1.54) is 13.3 Å². The lowest BCUT2D eigenvalue weighted by Gasteiger charge is -2.33. The zero-order valence-corrected chi connectivity index (χ0v) is 22.2. The maximum absolute atomic E-state index is 15.3. The van der Waals surface area contributed by atoms with Crippen molar-refractivity contribution in [1.29, 1.82) is 0 Å². The number of benzene rings is 3. The number of anilines is 2. The molecule has 1 heterocycles. The molecule has 1 aliphatic rings. The molecule has 4 rings (SSSR count). The molecule has 1 fully saturated rings. The van der Waals surface area contributed by atoms with E-state index < -0.39 is 65.7 Å². The predicted octanol–water partition coefficient (Wildman–Crippen LogP) is 6.35. The number of hydrogen-bond acceptors (Lipinski definition) is 3. The average molecular weight is 583 g/mol. The number of carbonyl (C=O) groups is 2. The predicted molar refractivity (Wildman–Crippen MR) is 140 cm³/mol. The molecule has 0 aliphatic carbocycles. The summed E-state index contributed by atoms with van der Waals surface area (Å²) >= 11 is 0. The molecule has 1 atom stereocenters. The van der Waals surface area contributed by atoms with Crippen molar-refractivity contribution in [3.63, 3.8) is 0 Å². The molecule has 0 bridgehead atoms. The lowest BCUT2D eigenvalue weighted by atomic mass is 10.0. The van der Waals surface area contributed by atoms with Gasteiger partial charge in [-0.1, -0.05) is 24.3 Å². The van der Waals surface area contributed by atoms with Crippen molar-refractivity contribution in [3.05, 3.63) is 77.6 Å². The monoisotopic (exact) mass is 583 g/mol. The summed E-state index contributed by atoms with van der Waals surface area (Å²) in [6.45, 7) is 3.03. The maximum atomic E-state index is 15.3. The molecule has 0 radical (unpaired) electrons. The summed E-state index contributed by atoms with van der Waals surface area (Å²) < 4.78 is 95.6. The van der Waals surface area contributed by atoms with Crippen LogP contribution < -0.4 is 20.8 Å². The Bertz CT molecular complexity index is 1500. The van der Waals surface area contributed by atoms with E-state index in [9.17, 15) is 31.7 Å². The van der Waals surface area contributed by atoms with Gasteiger partial charge < -0.3 is 20.1 Å². The molecule has 3 aromatic carbocycles. The zero-order valence-electron chi connectivity index (χ0n) is 21.3. The second-order valence-corrected chi connectivity index (χ2v) is 12.8. The van der Waals surface area contributed by atoms with Crippen molar-refractivity contribution in [2.24, 2.45) is 0 Å². The summed E-state index contributed by atoms with van der Waals surface area (Å²) in [5.74, 6) is -4.25. The fourth-order valence-electron chi connectivity index (χ4n) is 4.51. The molecule has 2 N–H and O–H groups in total. The highest BCUT2D eigenvalue weighted by Crippen LogP contribution is 2.40. The van der Waals surface area contributed by atoms with E-state index >= 15 is 8.78 Å². The van der Waals surface area contributed by atoms with Gasteiger partial charge >= 0.3 is 12.2 Å². The van der Waals surface area contributed by atoms with Gasteiger partial charge in [-0.25, -0.2) is 18.0 Å². The highest BCUT2D eigenvalue weighted by atomic mass is 31.2. The van der Waals surface area contributed by atoms with Crippen molar-refractivity contribution in [2.45, 2.75) is 25.1 Å². The number of urea groups is 1. The minimum atomic E-state index is -4.78. The third-order valence-electron chi connectivity index (χ3n) is 6.37. The van der Waals surface area contributed by atoms with E-state index in [-0.39, 0.29) is 31.0 Å². The molecule has 0 saturated carbocycles. The Labute approximate surface area is 225 Å². The van der Waals surface area contributed by atoms with E-state index in [1.54, 1.807) is 24.3 Å². The number of rotatable bonds is 5. The van der Waals surface area contributed by atoms with Gasteiger partial charge in [-0.05, 0) is 67.6 Å². The highest BCUT2D eigenvalue weighted by Gasteiger charge is 2.35. The van der Waals surface area contributed by atoms with Crippen LogP contribution >= 0.6 is 7.14 Å². The van der Waals surface area contributed by atoms with Crippen molar-refractivity contribution in [3.8, 4) is 11.1 Å². The number of hydrogen-bond donors (Lipinski definition) is 2. The summed E-state index contributed by atoms with van der Waals surface area (Å²) in [5, 5.41) is 4.77. The van der Waals surface area contributed by atoms with Crippen LogP contribution in [-0.2, 0) is 15.5 Å². The molecule has 6 nitrogen and oxygen atoms in total. The Morgan fingerprint density at radius 2 is 1.62 bits per heavy atom. The van der Waals surface area contributed by atoms with Crippen LogP contribution in [0.3, 0.4) is 0 Å². The standard InChI is InChI=1S/C27H24F6N3O3P/c1-40(2,39)23-8-4-3-6-17(23)15-12-19(29)24(20(30)13-15)36-11-5-7-22(25(36)37)35-26(38)34-21-10-9-16(14-18(21)28)27(31,32)33/h3-4,6,8-10,12-14,22H,5,7,11H2,1-2H3,(H2,34,35,38)/t22-/m1/s1. The fraction of sp³-hybridized carbons (Fsp3) is 0.259. The first-order chi connectivity index (χ1) is 18.7. The molecule has 0 spiro atoms. The molecule has 0 unspecified atom stereocenters. The largest absolute Gasteiger partial charge is 0.416 e. The summed E-state index contributed by atoms with van der Waals surface area (Å²) in [4.78, 5) is 26.4. The molecule has 3 aromatic rings. The first-order valence-corrected chi connectivity index (χ1v) is 14.7. The highest BCUT2D eigenvalue weighted by molar-refractivity contribution is 7.70. The number of carbonyl (C=O) groups excluding carboxylic acids is 2. The van der Waals surface area contributed by atoms with Crippen LogP contribution in [0.4, 0.5) is 42.5 Å². The Balaban J connectivity index is 1.53. The SMILES string of the molecule is CP(C)(=O)c1ccccc1-c1cc(F)c(N2CCC[C@@H](NC(=O)Nc3ccc(C(F)(F)F)cc3F)C2=O)c(F)c1. The third kappa shape index (κ3) is 6.17. The molecule has 3 amide bonds. The molecule has 1 saturated heterocycles. The van der Waals surface area contributed by atoms with E-state index in [1.807, 2.05) is 5.32 Å². The zero-order chi connectivity index (χ0) is 29.4. The molecular weight excluding hydrogens is 559 g/mol. The van der Waals surface area contributed by atoms with Gasteiger partial charge in [0.25, 0.3) is 0 Å². The van der Waals surface area contributed by atoms with Gasteiger partial charge in [0.2, 0.25) is 5.91 Å². The summed E-state index contributed by atoms with van der Waals surface area (Å²) in [7, 11) is -2.79. The van der Waals surface area contributed by atoms with Crippen molar-refractivity contribution in [1.82, 2.24) is 5.32 Å². The lowest BCUT2D eigenvalue weighted by Crippen LogP contribution is -2.53. The van der Waals surface area contributed by atoms with Crippen LogP contribution in [0.2, 0.25) is 0 Å². The van der Waals surface area contributed by atoms with Gasteiger partial charge in [-0.15, -0.1) is 0 Å². The Morgan fingerprint density at radius 1 is 0.975 bits per heavy atom. The first kappa shape index (κ1) is 29.2. The molecular formula is C27H24F6N3O3P. The van der Waals surface area contributed by atoms with Gasteiger partial charge in [0, 0.05) is 11.8 Å². The van der Waals surface area contributed by atoms with Gasteiger partial charge in [0.1, 0.15) is 24.7 Å². The maximum Gasteiger partial charge on any atom is 0.416 e. The van der Waals surface area contributed by atoms with E-state index in [4.69, 9.17) is 0 Å². The topological polar surface area (TPSA) is 78.5 Å². The van der Waals surface area contributed by atoms with Crippen molar-refractivity contribution >= 4 is 35.8 Å². The van der Waals surface area contributed by atoms with Gasteiger partial charge in [-0.3, -0.25) is 4.79 Å². The number of halogens is 6. The summed E-state index contributed by atoms with van der Waals surface area (Å²) in [5.41, 5.74) is -1.90. The molecule has 13 heteroatoms. The van der Waals surface area contributed by atoms with Crippen molar-refractivity contribution < 1.29 is 40.5 Å². The minimum absolute atomic E-state index is 0.0466. The smallest absolute Gasteiger partial charge is 0.326 e. The van der Waals surface area contributed by atoms with Gasteiger partial charge in [0.05, 0.1) is 11.3 Å². The van der Waals surface area contributed by atoms with Crippen LogP contribution in [0.5, 0.6) is 0 Å². The number of amides is 3. The van der Waals surface area contributed by atoms with Crippen LogP contribution in [0.15, 0.2) is 54.6 Å². The van der Waals surface area contributed by atoms with E-state index in [2.05, 4.69) is 5.32 Å². The van der Waals surface area contributed by atoms with Crippen LogP contribution in [0.25, 0.3) is 11.1 Å². The molecule has 40 heavy (non-hydrogen) atoms. The number of alkyl halides is 3. The second kappa shape index (κ2) is 11.0. The number of nitrogens with one attached hydrogen (secondary N) is 2. The molecule has 212 valence electrons. The Hall–Kier alpha value is -3.79. The van der Waals surface area contributed by atoms with Crippen LogP contribution in [0.1, 0.15) is 18.4 Å². The quantitative estimate of drug-likeness (QED) is 0.271. The Morgan fingerprint density at radius 3 is 2.23 bits per heavy atom. The minimum Gasteiger partial charge on any atom is -0.326 e. The summed E-state index contributed by atoms with van der Waals surface area (Å²) in [6, 6.07) is 7.80. The van der Waals surface area contributed by atoms with Crippen LogP contribution in [0, 0.1) is 17.5 Å².